The molecule has 0 aliphatic carbocycles. The first kappa shape index (κ1) is 22.5. The Kier molecular flexibility index (Phi) is 6.14. The third kappa shape index (κ3) is 4.71. The summed E-state index contributed by atoms with van der Waals surface area (Å²) in [6, 6.07) is 20.0. The summed E-state index contributed by atoms with van der Waals surface area (Å²) >= 11 is 0. The largest absolute Gasteiger partial charge is 0.486 e. The van der Waals surface area contributed by atoms with Gasteiger partial charge in [-0.1, -0.05) is 48.0 Å². The summed E-state index contributed by atoms with van der Waals surface area (Å²) in [5, 5.41) is 3.96. The molecule has 1 aliphatic heterocycles. The monoisotopic (exact) mass is 469 g/mol. The van der Waals surface area contributed by atoms with Crippen molar-refractivity contribution in [3.8, 4) is 11.5 Å². The number of carbonyl (C=O) groups excluding carboxylic acids is 2. The molecular weight excluding hydrogens is 442 g/mol. The molecule has 178 valence electrons. The fourth-order valence-corrected chi connectivity index (χ4v) is 4.34. The van der Waals surface area contributed by atoms with E-state index in [1.54, 1.807) is 25.2 Å². The standard InChI is InChI=1S/C28H27N3O4/c1-18-7-9-19(10-8-18)27(28(33)30-21-11-12-24-25(16-21)35-14-13-34-24)31(2)26(32)15-20-17-29-23-6-4-3-5-22(20)23/h3-12,16-17,27,29H,13-15H2,1-2H3,(H,30,33). The van der Waals surface area contributed by atoms with Gasteiger partial charge in [-0.25, -0.2) is 0 Å². The Hall–Kier alpha value is -4.26. The van der Waals surface area contributed by atoms with E-state index in [4.69, 9.17) is 9.47 Å². The average molecular weight is 470 g/mol. The van der Waals surface area contributed by atoms with E-state index in [2.05, 4.69) is 10.3 Å². The number of hydrogen-bond acceptors (Lipinski definition) is 4. The molecule has 3 aromatic carbocycles. The highest BCUT2D eigenvalue weighted by molar-refractivity contribution is 5.99. The number of H-pyrrole nitrogens is 1. The van der Waals surface area contributed by atoms with Crippen molar-refractivity contribution < 1.29 is 19.1 Å². The molecule has 1 unspecified atom stereocenters. The Balaban J connectivity index is 1.40. The van der Waals surface area contributed by atoms with E-state index in [9.17, 15) is 9.59 Å². The number of benzene rings is 3. The van der Waals surface area contributed by atoms with Crippen LogP contribution in [0.1, 0.15) is 22.7 Å². The van der Waals surface area contributed by atoms with Gasteiger partial charge in [0.15, 0.2) is 11.5 Å². The SMILES string of the molecule is Cc1ccc(C(C(=O)Nc2ccc3c(c2)OCCO3)N(C)C(=O)Cc2c[nH]c3ccccc23)cc1. The molecule has 4 aromatic rings. The number of amides is 2. The number of hydrogen-bond donors (Lipinski definition) is 2. The summed E-state index contributed by atoms with van der Waals surface area (Å²) in [7, 11) is 1.67. The summed E-state index contributed by atoms with van der Waals surface area (Å²) in [5.74, 6) is 0.776. The quantitative estimate of drug-likeness (QED) is 0.431. The minimum absolute atomic E-state index is 0.155. The Bertz CT molecular complexity index is 1380. The molecular formula is C28H27N3O4. The van der Waals surface area contributed by atoms with Gasteiger partial charge < -0.3 is 24.7 Å². The number of aromatic amines is 1. The maximum absolute atomic E-state index is 13.5. The van der Waals surface area contributed by atoms with Crippen LogP contribution in [0.2, 0.25) is 0 Å². The predicted octanol–water partition coefficient (Wildman–Crippen LogP) is 4.63. The first-order valence-corrected chi connectivity index (χ1v) is 11.6. The van der Waals surface area contributed by atoms with Crippen molar-refractivity contribution in [3.05, 3.63) is 89.6 Å². The maximum atomic E-state index is 13.5. The van der Waals surface area contributed by atoms with Crippen LogP contribution in [0.15, 0.2) is 72.9 Å². The van der Waals surface area contributed by atoms with E-state index in [1.165, 1.54) is 4.90 Å². The molecule has 0 bridgehead atoms. The van der Waals surface area contributed by atoms with E-state index in [-0.39, 0.29) is 18.2 Å². The molecule has 2 amide bonds. The second kappa shape index (κ2) is 9.54. The van der Waals surface area contributed by atoms with E-state index in [0.29, 0.717) is 30.4 Å². The van der Waals surface area contributed by atoms with Crippen LogP contribution < -0.4 is 14.8 Å². The number of para-hydroxylation sites is 1. The van der Waals surface area contributed by atoms with Crippen LogP contribution in [0.25, 0.3) is 10.9 Å². The molecule has 7 heteroatoms. The molecule has 2 N–H and O–H groups in total. The van der Waals surface area contributed by atoms with Gasteiger partial charge >= 0.3 is 0 Å². The van der Waals surface area contributed by atoms with Gasteiger partial charge in [-0.3, -0.25) is 9.59 Å². The summed E-state index contributed by atoms with van der Waals surface area (Å²) in [6.45, 7) is 2.94. The van der Waals surface area contributed by atoms with E-state index < -0.39 is 6.04 Å². The molecule has 2 heterocycles. The molecule has 0 fully saturated rings. The third-order valence-electron chi connectivity index (χ3n) is 6.25. The number of rotatable bonds is 6. The van der Waals surface area contributed by atoms with E-state index >= 15 is 0 Å². The number of nitrogens with one attached hydrogen (secondary N) is 2. The van der Waals surface area contributed by atoms with Crippen LogP contribution in [-0.4, -0.2) is 42.0 Å². The van der Waals surface area contributed by atoms with Crippen LogP contribution in [0.3, 0.4) is 0 Å². The van der Waals surface area contributed by atoms with Crippen LogP contribution in [-0.2, 0) is 16.0 Å². The highest BCUT2D eigenvalue weighted by Crippen LogP contribution is 2.33. The molecule has 1 atom stereocenters. The third-order valence-corrected chi connectivity index (χ3v) is 6.25. The molecule has 1 aromatic heterocycles. The summed E-state index contributed by atoms with van der Waals surface area (Å²) in [6.07, 6.45) is 2.03. The molecule has 0 spiro atoms. The van der Waals surface area contributed by atoms with Crippen molar-refractivity contribution in [1.82, 2.24) is 9.88 Å². The van der Waals surface area contributed by atoms with Crippen LogP contribution in [0.5, 0.6) is 11.5 Å². The minimum atomic E-state index is -0.804. The van der Waals surface area contributed by atoms with Crippen molar-refractivity contribution in [2.75, 3.05) is 25.6 Å². The lowest BCUT2D eigenvalue weighted by Crippen LogP contribution is -2.39. The van der Waals surface area contributed by atoms with Crippen molar-refractivity contribution in [3.63, 3.8) is 0 Å². The van der Waals surface area contributed by atoms with Gasteiger partial charge in [0, 0.05) is 35.9 Å². The summed E-state index contributed by atoms with van der Waals surface area (Å²) in [5.41, 5.74) is 4.26. The molecule has 7 nitrogen and oxygen atoms in total. The van der Waals surface area contributed by atoms with Gasteiger partial charge in [0.2, 0.25) is 5.91 Å². The lowest BCUT2D eigenvalue weighted by Gasteiger charge is -2.28. The lowest BCUT2D eigenvalue weighted by atomic mass is 10.0. The fourth-order valence-electron chi connectivity index (χ4n) is 4.34. The number of likely N-dealkylation sites (N-methyl/N-ethyl adjacent to an activating group) is 1. The van der Waals surface area contributed by atoms with Gasteiger partial charge in [-0.15, -0.1) is 0 Å². The Morgan fingerprint density at radius 1 is 1.00 bits per heavy atom. The molecule has 5 rings (SSSR count). The normalized spacial score (nSPS) is 13.3. The van der Waals surface area contributed by atoms with Crippen LogP contribution in [0, 0.1) is 6.92 Å². The second-order valence-electron chi connectivity index (χ2n) is 8.70. The van der Waals surface area contributed by atoms with Crippen molar-refractivity contribution in [2.24, 2.45) is 0 Å². The fraction of sp³-hybridized carbons (Fsp3) is 0.214. The zero-order valence-corrected chi connectivity index (χ0v) is 19.7. The molecule has 1 aliphatic rings. The number of aromatic nitrogens is 1. The lowest BCUT2D eigenvalue weighted by molar-refractivity contribution is -0.136. The Morgan fingerprint density at radius 3 is 2.54 bits per heavy atom. The maximum Gasteiger partial charge on any atom is 0.251 e. The highest BCUT2D eigenvalue weighted by Gasteiger charge is 2.29. The van der Waals surface area contributed by atoms with Crippen LogP contribution >= 0.6 is 0 Å². The van der Waals surface area contributed by atoms with Gasteiger partial charge in [-0.05, 0) is 36.2 Å². The number of fused-ring (bicyclic) bond motifs is 2. The average Bonchev–Trinajstić information content (AvgIpc) is 3.28. The van der Waals surface area contributed by atoms with Crippen LogP contribution in [0.4, 0.5) is 5.69 Å². The topological polar surface area (TPSA) is 83.7 Å². The van der Waals surface area contributed by atoms with Gasteiger partial charge in [0.1, 0.15) is 19.3 Å². The van der Waals surface area contributed by atoms with Gasteiger partial charge in [0.05, 0.1) is 6.42 Å². The zero-order chi connectivity index (χ0) is 24.4. The van der Waals surface area contributed by atoms with Crippen molar-refractivity contribution in [2.45, 2.75) is 19.4 Å². The summed E-state index contributed by atoms with van der Waals surface area (Å²) in [4.78, 5) is 31.6. The first-order valence-electron chi connectivity index (χ1n) is 11.6. The number of aryl methyl sites for hydroxylation is 1. The smallest absolute Gasteiger partial charge is 0.251 e. The van der Waals surface area contributed by atoms with E-state index in [1.807, 2.05) is 61.7 Å². The summed E-state index contributed by atoms with van der Waals surface area (Å²) < 4.78 is 11.2. The van der Waals surface area contributed by atoms with Gasteiger partial charge in [0.25, 0.3) is 5.91 Å². The second-order valence-corrected chi connectivity index (χ2v) is 8.70. The minimum Gasteiger partial charge on any atom is -0.486 e. The number of carbonyl (C=O) groups is 2. The van der Waals surface area contributed by atoms with Crippen molar-refractivity contribution >= 4 is 28.4 Å². The number of ether oxygens (including phenoxy) is 2. The first-order chi connectivity index (χ1) is 17.0. The van der Waals surface area contributed by atoms with Gasteiger partial charge in [-0.2, -0.15) is 0 Å². The van der Waals surface area contributed by atoms with E-state index in [0.717, 1.165) is 27.6 Å². The predicted molar refractivity (Wildman–Crippen MR) is 135 cm³/mol. The Labute approximate surface area is 203 Å². The zero-order valence-electron chi connectivity index (χ0n) is 19.7. The molecule has 0 radical (unpaired) electrons. The Morgan fingerprint density at radius 2 is 1.74 bits per heavy atom. The number of anilines is 1. The van der Waals surface area contributed by atoms with Crippen molar-refractivity contribution in [1.29, 1.82) is 0 Å². The molecule has 0 saturated heterocycles. The molecule has 0 saturated carbocycles. The molecule has 35 heavy (non-hydrogen) atoms. The number of nitrogens with zero attached hydrogens (tertiary/aromatic N) is 1. The highest BCUT2D eigenvalue weighted by atomic mass is 16.6.